The molecule has 0 atom stereocenters. The van der Waals surface area contributed by atoms with Crippen molar-refractivity contribution in [3.05, 3.63) is 64.2 Å². The fourth-order valence-electron chi connectivity index (χ4n) is 2.25. The molecule has 0 saturated heterocycles. The molecule has 0 aliphatic carbocycles. The van der Waals surface area contributed by atoms with E-state index in [4.69, 9.17) is 11.6 Å². The van der Waals surface area contributed by atoms with Crippen molar-refractivity contribution in [1.82, 2.24) is 10.0 Å². The molecule has 2 N–H and O–H groups in total. The van der Waals surface area contributed by atoms with E-state index in [1.54, 1.807) is 6.92 Å². The van der Waals surface area contributed by atoms with Gasteiger partial charge in [0, 0.05) is 23.7 Å². The van der Waals surface area contributed by atoms with Gasteiger partial charge in [0.2, 0.25) is 10.0 Å². The highest BCUT2D eigenvalue weighted by Gasteiger charge is 2.37. The van der Waals surface area contributed by atoms with Crippen LogP contribution in [-0.4, -0.2) is 20.9 Å². The summed E-state index contributed by atoms with van der Waals surface area (Å²) in [5.74, 6) is -0.277. The molecule has 0 unspecified atom stereocenters. The largest absolute Gasteiger partial charge is 0.417 e. The Hall–Kier alpha value is -2.10. The van der Waals surface area contributed by atoms with Crippen molar-refractivity contribution in [1.29, 1.82) is 0 Å². The molecule has 2 rings (SSSR count). The van der Waals surface area contributed by atoms with Crippen LogP contribution >= 0.6 is 11.6 Å². The van der Waals surface area contributed by atoms with E-state index in [0.29, 0.717) is 23.7 Å². The van der Waals surface area contributed by atoms with Gasteiger partial charge in [-0.3, -0.25) is 4.79 Å². The quantitative estimate of drug-likeness (QED) is 0.750. The molecule has 0 aromatic heterocycles. The van der Waals surface area contributed by atoms with Gasteiger partial charge in [0.05, 0.1) is 10.5 Å². The van der Waals surface area contributed by atoms with Gasteiger partial charge in [0.25, 0.3) is 5.91 Å². The van der Waals surface area contributed by atoms with Crippen molar-refractivity contribution in [2.45, 2.75) is 24.5 Å². The Bertz CT molecular complexity index is 929. The van der Waals surface area contributed by atoms with Gasteiger partial charge in [-0.1, -0.05) is 23.7 Å². The molecule has 0 fully saturated rings. The molecule has 5 nitrogen and oxygen atoms in total. The van der Waals surface area contributed by atoms with Gasteiger partial charge in [-0.25, -0.2) is 13.1 Å². The number of carbonyl (C=O) groups excluding carboxylic acids is 1. The summed E-state index contributed by atoms with van der Waals surface area (Å²) in [5, 5.41) is 2.40. The molecule has 10 heteroatoms. The predicted octanol–water partition coefficient (Wildman–Crippen LogP) is 3.59. The van der Waals surface area contributed by atoms with Gasteiger partial charge in [-0.05, 0) is 42.8 Å². The summed E-state index contributed by atoms with van der Waals surface area (Å²) in [7, 11) is -4.43. The van der Waals surface area contributed by atoms with Gasteiger partial charge >= 0.3 is 6.18 Å². The molecule has 1 amide bonds. The number of carbonyl (C=O) groups is 1. The van der Waals surface area contributed by atoms with E-state index in [1.807, 2.05) is 0 Å². The van der Waals surface area contributed by atoms with Gasteiger partial charge in [-0.2, -0.15) is 13.2 Å². The molecule has 0 heterocycles. The van der Waals surface area contributed by atoms with Crippen LogP contribution in [0, 0.1) is 0 Å². The van der Waals surface area contributed by atoms with Crippen molar-refractivity contribution in [2.24, 2.45) is 0 Å². The normalized spacial score (nSPS) is 12.0. The molecular weight excluding hydrogens is 405 g/mol. The van der Waals surface area contributed by atoms with Crippen molar-refractivity contribution in [3.63, 3.8) is 0 Å². The number of amides is 1. The molecule has 0 aliphatic heterocycles. The Kier molecular flexibility index (Phi) is 6.50. The molecule has 27 heavy (non-hydrogen) atoms. The Balaban J connectivity index is 2.20. The second-order valence-electron chi connectivity index (χ2n) is 5.52. The van der Waals surface area contributed by atoms with Crippen LogP contribution in [0.15, 0.2) is 47.4 Å². The highest BCUT2D eigenvalue weighted by molar-refractivity contribution is 7.89. The van der Waals surface area contributed by atoms with E-state index in [-0.39, 0.29) is 17.5 Å². The van der Waals surface area contributed by atoms with Gasteiger partial charge < -0.3 is 5.32 Å². The van der Waals surface area contributed by atoms with Crippen LogP contribution < -0.4 is 10.0 Å². The van der Waals surface area contributed by atoms with Gasteiger partial charge in [0.15, 0.2) is 0 Å². The molecule has 0 saturated carbocycles. The number of benzene rings is 2. The minimum atomic E-state index is -4.87. The van der Waals surface area contributed by atoms with Crippen molar-refractivity contribution >= 4 is 27.5 Å². The minimum absolute atomic E-state index is 0.220. The molecule has 2 aromatic carbocycles. The number of hydrogen-bond donors (Lipinski definition) is 2. The van der Waals surface area contributed by atoms with E-state index in [9.17, 15) is 26.4 Å². The number of sulfonamides is 1. The first-order chi connectivity index (χ1) is 12.5. The summed E-state index contributed by atoms with van der Waals surface area (Å²) in [6.45, 7) is 1.99. The number of hydrogen-bond acceptors (Lipinski definition) is 3. The summed E-state index contributed by atoms with van der Waals surface area (Å²) < 4.78 is 66.1. The summed E-state index contributed by atoms with van der Waals surface area (Å²) in [6, 6.07) is 8.48. The topological polar surface area (TPSA) is 75.3 Å². The average Bonchev–Trinajstić information content (AvgIpc) is 2.59. The van der Waals surface area contributed by atoms with Crippen LogP contribution in [0.3, 0.4) is 0 Å². The highest BCUT2D eigenvalue weighted by atomic mass is 35.5. The highest BCUT2D eigenvalue weighted by Crippen LogP contribution is 2.35. The van der Waals surface area contributed by atoms with Crippen LogP contribution in [-0.2, 0) is 22.7 Å². The maximum Gasteiger partial charge on any atom is 0.417 e. The molecule has 0 radical (unpaired) electrons. The average molecular weight is 421 g/mol. The number of alkyl halides is 3. The monoisotopic (exact) mass is 420 g/mol. The van der Waals surface area contributed by atoms with E-state index in [0.717, 1.165) is 12.1 Å². The lowest BCUT2D eigenvalue weighted by Gasteiger charge is -2.14. The zero-order valence-electron chi connectivity index (χ0n) is 14.1. The van der Waals surface area contributed by atoms with E-state index in [2.05, 4.69) is 10.0 Å². The van der Waals surface area contributed by atoms with Gasteiger partial charge in [-0.15, -0.1) is 0 Å². The van der Waals surface area contributed by atoms with Crippen LogP contribution in [0.1, 0.15) is 28.4 Å². The van der Waals surface area contributed by atoms with Crippen LogP contribution in [0.25, 0.3) is 0 Å². The van der Waals surface area contributed by atoms with Crippen LogP contribution in [0.5, 0.6) is 0 Å². The maximum absolute atomic E-state index is 13.1. The molecule has 0 bridgehead atoms. The van der Waals surface area contributed by atoms with Gasteiger partial charge in [0.1, 0.15) is 0 Å². The molecular formula is C17H16ClF3N2O3S. The fourth-order valence-corrected chi connectivity index (χ4v) is 3.65. The lowest BCUT2D eigenvalue weighted by Crippen LogP contribution is -2.26. The van der Waals surface area contributed by atoms with E-state index < -0.39 is 26.7 Å². The molecule has 0 aliphatic rings. The summed E-state index contributed by atoms with van der Waals surface area (Å²) in [4.78, 5) is 10.8. The summed E-state index contributed by atoms with van der Waals surface area (Å²) >= 11 is 5.56. The lowest BCUT2D eigenvalue weighted by atomic mass is 10.1. The lowest BCUT2D eigenvalue weighted by molar-refractivity contribution is -0.139. The first kappa shape index (κ1) is 21.2. The van der Waals surface area contributed by atoms with Crippen molar-refractivity contribution < 1.29 is 26.4 Å². The van der Waals surface area contributed by atoms with E-state index in [1.165, 1.54) is 24.3 Å². The third kappa shape index (κ3) is 5.44. The van der Waals surface area contributed by atoms with Crippen molar-refractivity contribution in [3.8, 4) is 0 Å². The predicted molar refractivity (Wildman–Crippen MR) is 94.9 cm³/mol. The Morgan fingerprint density at radius 1 is 1.11 bits per heavy atom. The first-order valence-corrected chi connectivity index (χ1v) is 9.64. The van der Waals surface area contributed by atoms with Crippen LogP contribution in [0.4, 0.5) is 13.2 Å². The smallest absolute Gasteiger partial charge is 0.352 e. The molecule has 146 valence electrons. The standard InChI is InChI=1S/C17H16ClF3N2O3S/c1-2-22-16(24)12-5-3-11(4-6-12)10-23-27(25,26)15-8-7-13(18)9-14(15)17(19,20)21/h3-9,23H,2,10H2,1H3,(H,22,24). The Morgan fingerprint density at radius 3 is 2.30 bits per heavy atom. The zero-order valence-corrected chi connectivity index (χ0v) is 15.7. The second kappa shape index (κ2) is 8.28. The Morgan fingerprint density at radius 2 is 1.74 bits per heavy atom. The first-order valence-electron chi connectivity index (χ1n) is 7.78. The second-order valence-corrected chi connectivity index (χ2v) is 7.69. The third-order valence-electron chi connectivity index (χ3n) is 3.56. The maximum atomic E-state index is 13.1. The number of halogens is 4. The van der Waals surface area contributed by atoms with Crippen LogP contribution in [0.2, 0.25) is 5.02 Å². The fraction of sp³-hybridized carbons (Fsp3) is 0.235. The summed E-state index contributed by atoms with van der Waals surface area (Å²) in [5.41, 5.74) is -0.469. The molecule has 2 aromatic rings. The summed E-state index contributed by atoms with van der Waals surface area (Å²) in [6.07, 6.45) is -4.87. The molecule has 0 spiro atoms. The third-order valence-corrected chi connectivity index (χ3v) is 5.25. The zero-order chi connectivity index (χ0) is 20.2. The minimum Gasteiger partial charge on any atom is -0.352 e. The number of nitrogens with one attached hydrogen (secondary N) is 2. The SMILES string of the molecule is CCNC(=O)c1ccc(CNS(=O)(=O)c2ccc(Cl)cc2C(F)(F)F)cc1. The van der Waals surface area contributed by atoms with E-state index >= 15 is 0 Å². The Labute approximate surface area is 159 Å². The number of rotatable bonds is 6. The van der Waals surface area contributed by atoms with Crippen molar-refractivity contribution in [2.75, 3.05) is 6.54 Å².